The monoisotopic (exact) mass is 224 g/mol. The Bertz CT molecular complexity index is 233. The molecule has 2 saturated carbocycles. The van der Waals surface area contributed by atoms with Gasteiger partial charge in [0.2, 0.25) is 0 Å². The molecule has 0 aromatic carbocycles. The van der Waals surface area contributed by atoms with Crippen molar-refractivity contribution in [3.05, 3.63) is 0 Å². The van der Waals surface area contributed by atoms with Crippen LogP contribution in [0.25, 0.3) is 0 Å². The Morgan fingerprint density at radius 3 is 2.25 bits per heavy atom. The van der Waals surface area contributed by atoms with Crippen LogP contribution in [0.5, 0.6) is 0 Å². The van der Waals surface area contributed by atoms with Gasteiger partial charge < -0.3 is 10.6 Å². The second kappa shape index (κ2) is 4.66. The first-order valence-corrected chi connectivity index (χ1v) is 6.99. The summed E-state index contributed by atoms with van der Waals surface area (Å²) in [4.78, 5) is 0. The van der Waals surface area contributed by atoms with Crippen LogP contribution in [0.15, 0.2) is 0 Å². The van der Waals surface area contributed by atoms with E-state index in [2.05, 4.69) is 31.7 Å². The van der Waals surface area contributed by atoms with Gasteiger partial charge in [0, 0.05) is 11.1 Å². The topological polar surface area (TPSA) is 24.1 Å². The molecule has 2 aliphatic rings. The van der Waals surface area contributed by atoms with Crippen molar-refractivity contribution in [2.45, 2.75) is 69.4 Å². The molecule has 0 heterocycles. The van der Waals surface area contributed by atoms with Gasteiger partial charge in [0.1, 0.15) is 0 Å². The van der Waals surface area contributed by atoms with Crippen LogP contribution in [-0.4, -0.2) is 25.2 Å². The molecule has 0 amide bonds. The van der Waals surface area contributed by atoms with E-state index in [4.69, 9.17) is 0 Å². The van der Waals surface area contributed by atoms with E-state index >= 15 is 0 Å². The molecule has 2 atom stereocenters. The average molecular weight is 224 g/mol. The lowest BCUT2D eigenvalue weighted by atomic mass is 9.84. The molecule has 2 nitrogen and oxygen atoms in total. The fraction of sp³-hybridized carbons (Fsp3) is 1.00. The van der Waals surface area contributed by atoms with Crippen LogP contribution in [0.2, 0.25) is 0 Å². The van der Waals surface area contributed by atoms with Crippen molar-refractivity contribution in [1.29, 1.82) is 0 Å². The molecular weight excluding hydrogens is 196 g/mol. The average Bonchev–Trinajstić information content (AvgIpc) is 2.88. The van der Waals surface area contributed by atoms with E-state index < -0.39 is 0 Å². The van der Waals surface area contributed by atoms with Gasteiger partial charge in [0.25, 0.3) is 0 Å². The van der Waals surface area contributed by atoms with Crippen LogP contribution in [0, 0.1) is 5.92 Å². The Morgan fingerprint density at radius 1 is 1.06 bits per heavy atom. The van der Waals surface area contributed by atoms with Gasteiger partial charge >= 0.3 is 0 Å². The first kappa shape index (κ1) is 12.4. The molecule has 0 spiro atoms. The van der Waals surface area contributed by atoms with E-state index in [0.717, 1.165) is 5.92 Å². The minimum atomic E-state index is 0.415. The predicted molar refractivity (Wildman–Crippen MR) is 69.7 cm³/mol. The summed E-state index contributed by atoms with van der Waals surface area (Å²) in [6.45, 7) is 2.38. The van der Waals surface area contributed by atoms with E-state index in [9.17, 15) is 0 Å². The zero-order chi connectivity index (χ0) is 11.6. The summed E-state index contributed by atoms with van der Waals surface area (Å²) in [7, 11) is 4.28. The fourth-order valence-corrected chi connectivity index (χ4v) is 3.93. The van der Waals surface area contributed by atoms with Crippen molar-refractivity contribution in [3.8, 4) is 0 Å². The van der Waals surface area contributed by atoms with Gasteiger partial charge in [0.05, 0.1) is 0 Å². The molecule has 0 radical (unpaired) electrons. The third-order valence-corrected chi connectivity index (χ3v) is 5.22. The van der Waals surface area contributed by atoms with Crippen molar-refractivity contribution in [2.24, 2.45) is 5.92 Å². The molecule has 0 saturated heterocycles. The molecule has 16 heavy (non-hydrogen) atoms. The molecule has 0 bridgehead atoms. The maximum absolute atomic E-state index is 3.63. The highest BCUT2D eigenvalue weighted by molar-refractivity contribution is 4.98. The van der Waals surface area contributed by atoms with E-state index in [-0.39, 0.29) is 0 Å². The lowest BCUT2D eigenvalue weighted by Gasteiger charge is -2.32. The Morgan fingerprint density at radius 2 is 1.75 bits per heavy atom. The summed E-state index contributed by atoms with van der Waals surface area (Å²) in [6.07, 6.45) is 11.2. The summed E-state index contributed by atoms with van der Waals surface area (Å²) in [5.74, 6) is 0.933. The van der Waals surface area contributed by atoms with Gasteiger partial charge in [0.15, 0.2) is 0 Å². The van der Waals surface area contributed by atoms with Crippen LogP contribution in [-0.2, 0) is 0 Å². The molecular formula is C14H28N2. The van der Waals surface area contributed by atoms with Crippen molar-refractivity contribution in [1.82, 2.24) is 10.6 Å². The Labute approximate surface area is 101 Å². The molecule has 2 N–H and O–H groups in total. The van der Waals surface area contributed by atoms with E-state index in [1.54, 1.807) is 0 Å². The summed E-state index contributed by atoms with van der Waals surface area (Å²) < 4.78 is 0. The van der Waals surface area contributed by atoms with Gasteiger partial charge in [-0.1, -0.05) is 12.8 Å². The zero-order valence-corrected chi connectivity index (χ0v) is 11.2. The summed E-state index contributed by atoms with van der Waals surface area (Å²) in [6, 6.07) is 0. The maximum Gasteiger partial charge on any atom is 0.0181 e. The molecule has 2 heteroatoms. The molecule has 2 unspecified atom stereocenters. The smallest absolute Gasteiger partial charge is 0.0181 e. The standard InChI is InChI=1S/C14H28N2/c1-13(15-2)9-6-12(10-13)11-14(16-3)7-4-5-8-14/h12,15-16H,4-11H2,1-3H3. The van der Waals surface area contributed by atoms with Gasteiger partial charge in [-0.3, -0.25) is 0 Å². The lowest BCUT2D eigenvalue weighted by molar-refractivity contribution is 0.263. The third kappa shape index (κ3) is 2.43. The van der Waals surface area contributed by atoms with Crippen LogP contribution in [0.4, 0.5) is 0 Å². The highest BCUT2D eigenvalue weighted by atomic mass is 15.0. The SMILES string of the molecule is CNC1(C)CCC(CC2(NC)CCCC2)C1. The van der Waals surface area contributed by atoms with Gasteiger partial charge in [-0.25, -0.2) is 0 Å². The van der Waals surface area contributed by atoms with Gasteiger partial charge in [-0.05, 0) is 65.5 Å². The normalized spacial score (nSPS) is 38.1. The first-order valence-electron chi connectivity index (χ1n) is 6.99. The van der Waals surface area contributed by atoms with Crippen LogP contribution < -0.4 is 10.6 Å². The minimum Gasteiger partial charge on any atom is -0.315 e. The lowest BCUT2D eigenvalue weighted by Crippen LogP contribution is -2.42. The molecule has 0 aliphatic heterocycles. The molecule has 0 aromatic heterocycles. The first-order chi connectivity index (χ1) is 7.61. The van der Waals surface area contributed by atoms with Crippen molar-refractivity contribution in [3.63, 3.8) is 0 Å². The molecule has 2 rings (SSSR count). The number of nitrogens with one attached hydrogen (secondary N) is 2. The van der Waals surface area contributed by atoms with Crippen molar-refractivity contribution < 1.29 is 0 Å². The zero-order valence-electron chi connectivity index (χ0n) is 11.2. The second-order valence-corrected chi connectivity index (χ2v) is 6.36. The Hall–Kier alpha value is -0.0800. The second-order valence-electron chi connectivity index (χ2n) is 6.36. The Balaban J connectivity index is 1.91. The molecule has 94 valence electrons. The summed E-state index contributed by atoms with van der Waals surface area (Å²) in [5.41, 5.74) is 0.905. The minimum absolute atomic E-state index is 0.415. The van der Waals surface area contributed by atoms with Gasteiger partial charge in [-0.2, -0.15) is 0 Å². The number of rotatable bonds is 4. The molecule has 0 aromatic rings. The summed E-state index contributed by atoms with van der Waals surface area (Å²) in [5, 5.41) is 7.13. The number of hydrogen-bond donors (Lipinski definition) is 2. The van der Waals surface area contributed by atoms with Crippen molar-refractivity contribution >= 4 is 0 Å². The van der Waals surface area contributed by atoms with Crippen LogP contribution in [0.3, 0.4) is 0 Å². The van der Waals surface area contributed by atoms with Gasteiger partial charge in [-0.15, -0.1) is 0 Å². The van der Waals surface area contributed by atoms with E-state index in [1.807, 2.05) is 0 Å². The van der Waals surface area contributed by atoms with Crippen molar-refractivity contribution in [2.75, 3.05) is 14.1 Å². The van der Waals surface area contributed by atoms with Crippen LogP contribution >= 0.6 is 0 Å². The maximum atomic E-state index is 3.63. The largest absolute Gasteiger partial charge is 0.315 e. The highest BCUT2D eigenvalue weighted by Crippen LogP contribution is 2.42. The molecule has 2 aliphatic carbocycles. The molecule has 2 fully saturated rings. The quantitative estimate of drug-likeness (QED) is 0.767. The Kier molecular flexibility index (Phi) is 3.60. The van der Waals surface area contributed by atoms with E-state index in [1.165, 1.54) is 51.4 Å². The third-order valence-electron chi connectivity index (χ3n) is 5.22. The van der Waals surface area contributed by atoms with E-state index in [0.29, 0.717) is 11.1 Å². The summed E-state index contributed by atoms with van der Waals surface area (Å²) >= 11 is 0. The van der Waals surface area contributed by atoms with Crippen LogP contribution in [0.1, 0.15) is 58.3 Å². The highest BCUT2D eigenvalue weighted by Gasteiger charge is 2.40. The number of hydrogen-bond acceptors (Lipinski definition) is 2. The fourth-order valence-electron chi connectivity index (χ4n) is 3.93. The predicted octanol–water partition coefficient (Wildman–Crippen LogP) is 2.69.